The van der Waals surface area contributed by atoms with Crippen LogP contribution < -0.4 is 0 Å². The minimum Gasteiger partial charge on any atom is -0.464 e. The molecule has 1 unspecified atom stereocenters. The van der Waals surface area contributed by atoms with Crippen LogP contribution in [-0.4, -0.2) is 80.6 Å². The van der Waals surface area contributed by atoms with Crippen LogP contribution in [0.4, 0.5) is 0 Å². The number of ether oxygens (including phenoxy) is 3. The van der Waals surface area contributed by atoms with Crippen molar-refractivity contribution in [2.45, 2.75) is 175 Å². The van der Waals surface area contributed by atoms with Gasteiger partial charge in [-0.2, -0.15) is 0 Å². The molecule has 43 heavy (non-hydrogen) atoms. The zero-order chi connectivity index (χ0) is 33.1. The lowest BCUT2D eigenvalue weighted by Crippen LogP contribution is -2.68. The van der Waals surface area contributed by atoms with Crippen LogP contribution in [0.3, 0.4) is 0 Å². The van der Waals surface area contributed by atoms with Crippen molar-refractivity contribution in [3.05, 3.63) is 0 Å². The van der Waals surface area contributed by atoms with Crippen LogP contribution >= 0.6 is 0 Å². The maximum atomic E-state index is 13.7. The topological polar surface area (TPSA) is 89.5 Å². The summed E-state index contributed by atoms with van der Waals surface area (Å²) >= 11 is 0. The van der Waals surface area contributed by atoms with Gasteiger partial charge in [0.15, 0.2) is 31.1 Å². The van der Waals surface area contributed by atoms with E-state index in [1.807, 2.05) is 20.8 Å². The third-order valence-corrected chi connectivity index (χ3v) is 24.0. The van der Waals surface area contributed by atoms with Crippen LogP contribution in [-0.2, 0) is 37.1 Å². The summed E-state index contributed by atoms with van der Waals surface area (Å²) in [6.07, 6.45) is -3.44. The summed E-state index contributed by atoms with van der Waals surface area (Å²) in [5.74, 6) is -0.781. The first-order chi connectivity index (χ1) is 20.2. The van der Waals surface area contributed by atoms with E-state index in [-0.39, 0.29) is 19.2 Å². The third kappa shape index (κ3) is 10.2. The first-order valence-corrected chi connectivity index (χ1v) is 24.8. The molecule has 8 nitrogen and oxygen atoms in total. The Labute approximate surface area is 267 Å². The molecule has 0 aromatic rings. The Balaban J connectivity index is 3.97. The molecule has 11 heteroatoms. The summed E-state index contributed by atoms with van der Waals surface area (Å²) in [6.45, 7) is 27.3. The molecule has 1 rings (SSSR count). The fourth-order valence-electron chi connectivity index (χ4n) is 6.11. The molecule has 0 radical (unpaired) electrons. The highest BCUT2D eigenvalue weighted by Gasteiger charge is 2.56. The SMILES string of the molecule is CCOC(=O)C1O[C@H](COC(=O)C(C)(C)C)[C@@H](O[Si](CC)(CC)CC)[C@H](O[Si](CC)(CC)CC)[C@H]1O[Si](CC)(CC)CC. The fraction of sp³-hybridized carbons (Fsp3) is 0.938. The molecule has 5 atom stereocenters. The minimum atomic E-state index is -2.24. The van der Waals surface area contributed by atoms with Crippen LogP contribution in [0.2, 0.25) is 54.4 Å². The van der Waals surface area contributed by atoms with Crippen molar-refractivity contribution in [3.63, 3.8) is 0 Å². The molecule has 1 heterocycles. The van der Waals surface area contributed by atoms with Gasteiger partial charge in [-0.15, -0.1) is 0 Å². The zero-order valence-corrected chi connectivity index (χ0v) is 32.9. The van der Waals surface area contributed by atoms with Gasteiger partial charge in [-0.1, -0.05) is 62.3 Å². The van der Waals surface area contributed by atoms with Crippen molar-refractivity contribution in [2.75, 3.05) is 13.2 Å². The van der Waals surface area contributed by atoms with Crippen molar-refractivity contribution >= 4 is 36.9 Å². The van der Waals surface area contributed by atoms with E-state index in [9.17, 15) is 9.59 Å². The molecule has 0 bridgehead atoms. The minimum absolute atomic E-state index is 0.0261. The van der Waals surface area contributed by atoms with Gasteiger partial charge in [0, 0.05) is 0 Å². The van der Waals surface area contributed by atoms with Gasteiger partial charge >= 0.3 is 11.9 Å². The predicted molar refractivity (Wildman–Crippen MR) is 182 cm³/mol. The van der Waals surface area contributed by atoms with E-state index in [2.05, 4.69) is 62.3 Å². The second-order valence-electron chi connectivity index (χ2n) is 13.2. The molecule has 1 saturated heterocycles. The number of rotatable bonds is 19. The van der Waals surface area contributed by atoms with Gasteiger partial charge in [-0.25, -0.2) is 4.79 Å². The first kappa shape index (κ1) is 40.5. The van der Waals surface area contributed by atoms with E-state index in [0.717, 1.165) is 54.4 Å². The molecule has 0 N–H and O–H groups in total. The molecule has 0 aromatic carbocycles. The molecule has 1 fully saturated rings. The van der Waals surface area contributed by atoms with Crippen molar-refractivity contribution in [3.8, 4) is 0 Å². The lowest BCUT2D eigenvalue weighted by molar-refractivity contribution is -0.229. The fourth-order valence-corrected chi connectivity index (χ4v) is 14.7. The Morgan fingerprint density at radius 1 is 0.581 bits per heavy atom. The highest BCUT2D eigenvalue weighted by Crippen LogP contribution is 2.39. The monoisotopic (exact) mass is 662 g/mol. The summed E-state index contributed by atoms with van der Waals surface area (Å²) in [5.41, 5.74) is -0.675. The molecular formula is C32H66O8Si3. The van der Waals surface area contributed by atoms with Crippen LogP contribution in [0.25, 0.3) is 0 Å². The standard InChI is InChI=1S/C32H66O8Si3/c1-14-35-30(33)29-28(40-43(21-8,22-9)23-10)27(39-42(18-5,19-6)20-7)26(38-41(15-2,16-3)17-4)25(37-29)24-36-31(34)32(11,12)13/h25-29H,14-24H2,1-13H3/t25-,26-,27+,28-,29?/m1/s1. The zero-order valence-electron chi connectivity index (χ0n) is 29.9. The number of hydrogen-bond acceptors (Lipinski definition) is 8. The van der Waals surface area contributed by atoms with E-state index in [1.165, 1.54) is 0 Å². The summed E-state index contributed by atoms with van der Waals surface area (Å²) in [5, 5.41) is 0. The summed E-state index contributed by atoms with van der Waals surface area (Å²) in [7, 11) is -6.68. The van der Waals surface area contributed by atoms with Crippen molar-refractivity contribution in [1.82, 2.24) is 0 Å². The van der Waals surface area contributed by atoms with Gasteiger partial charge in [-0.05, 0) is 82.1 Å². The first-order valence-electron chi connectivity index (χ1n) is 17.2. The molecule has 1 aliphatic heterocycles. The van der Waals surface area contributed by atoms with Crippen molar-refractivity contribution < 1.29 is 37.1 Å². The van der Waals surface area contributed by atoms with E-state index in [0.29, 0.717) is 0 Å². The maximum Gasteiger partial charge on any atom is 0.338 e. The van der Waals surface area contributed by atoms with E-state index >= 15 is 0 Å². The van der Waals surface area contributed by atoms with Gasteiger partial charge in [0.25, 0.3) is 0 Å². The van der Waals surface area contributed by atoms with Gasteiger partial charge in [0.1, 0.15) is 31.0 Å². The third-order valence-electron chi connectivity index (χ3n) is 10.1. The van der Waals surface area contributed by atoms with Crippen LogP contribution in [0.1, 0.15) is 90.0 Å². The summed E-state index contributed by atoms with van der Waals surface area (Å²) in [6, 6.07) is 8.44. The highest BCUT2D eigenvalue weighted by atomic mass is 28.4. The highest BCUT2D eigenvalue weighted by molar-refractivity contribution is 6.74. The molecule has 0 aromatic heterocycles. The maximum absolute atomic E-state index is 13.7. The van der Waals surface area contributed by atoms with Crippen LogP contribution in [0.5, 0.6) is 0 Å². The quantitative estimate of drug-likeness (QED) is 0.101. The molecule has 0 amide bonds. The van der Waals surface area contributed by atoms with Gasteiger partial charge in [0.2, 0.25) is 0 Å². The van der Waals surface area contributed by atoms with Gasteiger partial charge < -0.3 is 27.5 Å². The second kappa shape index (κ2) is 17.9. The van der Waals surface area contributed by atoms with E-state index in [1.54, 1.807) is 6.92 Å². The Bertz CT molecular complexity index is 812. The van der Waals surface area contributed by atoms with Crippen molar-refractivity contribution in [1.29, 1.82) is 0 Å². The number of esters is 2. The smallest absolute Gasteiger partial charge is 0.338 e. The number of carbonyl (C=O) groups excluding carboxylic acids is 2. The van der Waals surface area contributed by atoms with Gasteiger partial charge in [-0.3, -0.25) is 4.79 Å². The van der Waals surface area contributed by atoms with Crippen molar-refractivity contribution in [2.24, 2.45) is 5.41 Å². The lowest BCUT2D eigenvalue weighted by atomic mass is 9.94. The summed E-state index contributed by atoms with van der Waals surface area (Å²) in [4.78, 5) is 26.6. The lowest BCUT2D eigenvalue weighted by Gasteiger charge is -2.52. The van der Waals surface area contributed by atoms with E-state index < -0.39 is 66.9 Å². The van der Waals surface area contributed by atoms with E-state index in [4.69, 9.17) is 27.5 Å². The molecule has 254 valence electrons. The molecule has 0 saturated carbocycles. The average molecular weight is 663 g/mol. The van der Waals surface area contributed by atoms with Gasteiger partial charge in [0.05, 0.1) is 12.0 Å². The Morgan fingerprint density at radius 3 is 1.30 bits per heavy atom. The number of hydrogen-bond donors (Lipinski definition) is 0. The molecular weight excluding hydrogens is 597 g/mol. The largest absolute Gasteiger partial charge is 0.464 e. The molecule has 0 aliphatic carbocycles. The normalized spacial score (nSPS) is 23.7. The Kier molecular flexibility index (Phi) is 16.9. The second-order valence-corrected chi connectivity index (χ2v) is 27.3. The Morgan fingerprint density at radius 2 is 0.953 bits per heavy atom. The predicted octanol–water partition coefficient (Wildman–Crippen LogP) is 8.08. The van der Waals surface area contributed by atoms with Crippen LogP contribution in [0, 0.1) is 5.41 Å². The van der Waals surface area contributed by atoms with Crippen LogP contribution in [0.15, 0.2) is 0 Å². The number of carbonyl (C=O) groups is 2. The average Bonchev–Trinajstić information content (AvgIpc) is 3.01. The summed E-state index contributed by atoms with van der Waals surface area (Å²) < 4.78 is 40.0. The Hall–Kier alpha value is -0.569. The molecule has 0 spiro atoms. The molecule has 1 aliphatic rings.